The van der Waals surface area contributed by atoms with Crippen molar-refractivity contribution in [2.24, 2.45) is 0 Å². The highest BCUT2D eigenvalue weighted by Crippen LogP contribution is 2.03. The minimum atomic E-state index is -0.723. The van der Waals surface area contributed by atoms with Gasteiger partial charge in [-0.15, -0.1) is 0 Å². The molecule has 0 aromatic rings. The minimum absolute atomic E-state index is 0.0807. The highest BCUT2D eigenvalue weighted by atomic mass is 16.7. The molecule has 0 fully saturated rings. The Kier molecular flexibility index (Phi) is 6.49. The molecule has 80 valence electrons. The molecule has 4 nitrogen and oxygen atoms in total. The van der Waals surface area contributed by atoms with Crippen LogP contribution in [0.3, 0.4) is 0 Å². The molecule has 0 aliphatic rings. The number of allylic oxidation sites excluding steroid dienone is 1. The van der Waals surface area contributed by atoms with E-state index in [4.69, 9.17) is 9.84 Å². The Hall–Kier alpha value is -1.29. The zero-order valence-electron chi connectivity index (χ0n) is 8.69. The summed E-state index contributed by atoms with van der Waals surface area (Å²) in [6, 6.07) is 0. The first kappa shape index (κ1) is 12.7. The first-order valence-electron chi connectivity index (χ1n) is 4.26. The van der Waals surface area contributed by atoms with Gasteiger partial charge in [0, 0.05) is 0 Å². The molecule has 0 spiro atoms. The lowest BCUT2D eigenvalue weighted by molar-refractivity contribution is -0.145. The van der Waals surface area contributed by atoms with Crippen molar-refractivity contribution in [1.29, 1.82) is 0 Å². The Morgan fingerprint density at radius 2 is 2.00 bits per heavy atom. The van der Waals surface area contributed by atoms with Crippen molar-refractivity contribution >= 4 is 6.47 Å². The fourth-order valence-corrected chi connectivity index (χ4v) is 0.658. The lowest BCUT2D eigenvalue weighted by Crippen LogP contribution is -2.11. The van der Waals surface area contributed by atoms with E-state index in [1.165, 1.54) is 6.26 Å². The first-order valence-corrected chi connectivity index (χ1v) is 4.26. The second kappa shape index (κ2) is 7.15. The third-order valence-corrected chi connectivity index (χ3v) is 1.31. The summed E-state index contributed by atoms with van der Waals surface area (Å²) < 4.78 is 9.74. The van der Waals surface area contributed by atoms with Crippen LogP contribution in [0.5, 0.6) is 0 Å². The van der Waals surface area contributed by atoms with Crippen LogP contribution in [0.25, 0.3) is 0 Å². The Morgan fingerprint density at radius 3 is 2.43 bits per heavy atom. The molecule has 4 heteroatoms. The second-order valence-corrected chi connectivity index (χ2v) is 3.10. The second-order valence-electron chi connectivity index (χ2n) is 3.10. The third kappa shape index (κ3) is 6.25. The summed E-state index contributed by atoms with van der Waals surface area (Å²) in [6.45, 7) is 5.69. The molecule has 1 atom stereocenters. The number of carbonyl (C=O) groups excluding carboxylic acids is 1. The van der Waals surface area contributed by atoms with Crippen LogP contribution in [0.1, 0.15) is 20.8 Å². The van der Waals surface area contributed by atoms with Crippen LogP contribution in [-0.4, -0.2) is 24.5 Å². The third-order valence-electron chi connectivity index (χ3n) is 1.31. The first-order chi connectivity index (χ1) is 6.60. The Labute approximate surface area is 83.8 Å². The largest absolute Gasteiger partial charge is 0.459 e. The van der Waals surface area contributed by atoms with Crippen molar-refractivity contribution in [1.82, 2.24) is 0 Å². The van der Waals surface area contributed by atoms with E-state index in [2.05, 4.69) is 4.74 Å². The summed E-state index contributed by atoms with van der Waals surface area (Å²) in [5.41, 5.74) is 1.64. The fraction of sp³-hybridized carbons (Fsp3) is 0.500. The SMILES string of the molecule is CC(C)=CC(OC=O)OC=C(C)CO. The van der Waals surface area contributed by atoms with E-state index in [0.29, 0.717) is 12.0 Å². The van der Waals surface area contributed by atoms with E-state index in [1.54, 1.807) is 13.0 Å². The average molecular weight is 200 g/mol. The summed E-state index contributed by atoms with van der Waals surface area (Å²) in [5, 5.41) is 8.69. The molecule has 0 saturated heterocycles. The number of hydrogen-bond donors (Lipinski definition) is 1. The van der Waals surface area contributed by atoms with Gasteiger partial charge in [-0.2, -0.15) is 0 Å². The van der Waals surface area contributed by atoms with Gasteiger partial charge in [0.15, 0.2) is 0 Å². The highest BCUT2D eigenvalue weighted by molar-refractivity contribution is 5.37. The highest BCUT2D eigenvalue weighted by Gasteiger charge is 2.03. The Morgan fingerprint density at radius 1 is 1.36 bits per heavy atom. The maximum Gasteiger partial charge on any atom is 0.296 e. The van der Waals surface area contributed by atoms with Crippen molar-refractivity contribution in [2.45, 2.75) is 27.1 Å². The standard InChI is InChI=1S/C10H16O4/c1-8(2)4-10(14-7-12)13-6-9(3)5-11/h4,6-7,10-11H,5H2,1-3H3. The number of ether oxygens (including phenoxy) is 2. The molecule has 0 aliphatic heterocycles. The van der Waals surface area contributed by atoms with Gasteiger partial charge in [0.1, 0.15) is 0 Å². The van der Waals surface area contributed by atoms with E-state index in [0.717, 1.165) is 5.57 Å². The molecule has 0 aromatic heterocycles. The molecule has 0 rings (SSSR count). The van der Waals surface area contributed by atoms with E-state index < -0.39 is 6.29 Å². The molecule has 0 aliphatic carbocycles. The predicted molar refractivity (Wildman–Crippen MR) is 52.3 cm³/mol. The molecular weight excluding hydrogens is 184 g/mol. The quantitative estimate of drug-likeness (QED) is 0.304. The van der Waals surface area contributed by atoms with Gasteiger partial charge in [-0.05, 0) is 32.4 Å². The van der Waals surface area contributed by atoms with Crippen molar-refractivity contribution in [3.8, 4) is 0 Å². The summed E-state index contributed by atoms with van der Waals surface area (Å²) in [6.07, 6.45) is 2.31. The smallest absolute Gasteiger partial charge is 0.296 e. The summed E-state index contributed by atoms with van der Waals surface area (Å²) in [5.74, 6) is 0. The van der Waals surface area contributed by atoms with E-state index in [1.807, 2.05) is 13.8 Å². The monoisotopic (exact) mass is 200 g/mol. The lowest BCUT2D eigenvalue weighted by Gasteiger charge is -2.11. The molecule has 0 amide bonds. The van der Waals surface area contributed by atoms with Gasteiger partial charge in [0.05, 0.1) is 12.9 Å². The summed E-state index contributed by atoms with van der Waals surface area (Å²) >= 11 is 0. The topological polar surface area (TPSA) is 55.8 Å². The fourth-order valence-electron chi connectivity index (χ4n) is 0.658. The maximum absolute atomic E-state index is 10.1. The lowest BCUT2D eigenvalue weighted by atomic mass is 10.3. The number of rotatable bonds is 6. The van der Waals surface area contributed by atoms with Crippen molar-refractivity contribution in [2.75, 3.05) is 6.61 Å². The maximum atomic E-state index is 10.1. The normalized spacial score (nSPS) is 13.0. The number of hydrogen-bond acceptors (Lipinski definition) is 4. The van der Waals surface area contributed by atoms with Gasteiger partial charge < -0.3 is 14.6 Å². The van der Waals surface area contributed by atoms with Crippen LogP contribution in [0, 0.1) is 0 Å². The van der Waals surface area contributed by atoms with Crippen molar-refractivity contribution in [3.05, 3.63) is 23.5 Å². The van der Waals surface area contributed by atoms with Crippen LogP contribution >= 0.6 is 0 Å². The van der Waals surface area contributed by atoms with Crippen LogP contribution in [0.4, 0.5) is 0 Å². The number of carbonyl (C=O) groups is 1. The molecule has 14 heavy (non-hydrogen) atoms. The zero-order chi connectivity index (χ0) is 11.0. The number of aliphatic hydroxyl groups excluding tert-OH is 1. The molecule has 0 bridgehead atoms. The van der Waals surface area contributed by atoms with Crippen molar-refractivity contribution in [3.63, 3.8) is 0 Å². The Balaban J connectivity index is 4.23. The summed E-state index contributed by atoms with van der Waals surface area (Å²) in [7, 11) is 0. The molecule has 1 unspecified atom stereocenters. The Bertz CT molecular complexity index is 226. The number of aliphatic hydroxyl groups is 1. The van der Waals surface area contributed by atoms with Gasteiger partial charge >= 0.3 is 0 Å². The minimum Gasteiger partial charge on any atom is -0.459 e. The van der Waals surface area contributed by atoms with Gasteiger partial charge in [0.25, 0.3) is 12.8 Å². The summed E-state index contributed by atoms with van der Waals surface area (Å²) in [4.78, 5) is 10.1. The molecule has 0 saturated carbocycles. The van der Waals surface area contributed by atoms with E-state index in [9.17, 15) is 4.79 Å². The molecule has 0 heterocycles. The van der Waals surface area contributed by atoms with Gasteiger partial charge in [0.2, 0.25) is 0 Å². The molecular formula is C10H16O4. The van der Waals surface area contributed by atoms with E-state index >= 15 is 0 Å². The van der Waals surface area contributed by atoms with Crippen LogP contribution in [-0.2, 0) is 14.3 Å². The molecule has 0 radical (unpaired) electrons. The van der Waals surface area contributed by atoms with Crippen LogP contribution < -0.4 is 0 Å². The van der Waals surface area contributed by atoms with Crippen molar-refractivity contribution < 1.29 is 19.4 Å². The van der Waals surface area contributed by atoms with Gasteiger partial charge in [-0.1, -0.05) is 5.57 Å². The van der Waals surface area contributed by atoms with Crippen LogP contribution in [0.15, 0.2) is 23.5 Å². The van der Waals surface area contributed by atoms with Gasteiger partial charge in [-0.3, -0.25) is 4.79 Å². The van der Waals surface area contributed by atoms with Crippen LogP contribution in [0.2, 0.25) is 0 Å². The van der Waals surface area contributed by atoms with Gasteiger partial charge in [-0.25, -0.2) is 0 Å². The predicted octanol–water partition coefficient (Wildman–Crippen LogP) is 1.36. The molecule has 1 N–H and O–H groups in total. The molecule has 0 aromatic carbocycles. The van der Waals surface area contributed by atoms with E-state index in [-0.39, 0.29) is 6.61 Å². The average Bonchev–Trinajstić information content (AvgIpc) is 2.13. The zero-order valence-corrected chi connectivity index (χ0v) is 8.69.